The van der Waals surface area contributed by atoms with Crippen LogP contribution in [0.15, 0.2) is 24.3 Å². The molecule has 0 radical (unpaired) electrons. The molecule has 0 amide bonds. The lowest BCUT2D eigenvalue weighted by molar-refractivity contribution is -0.179. The van der Waals surface area contributed by atoms with Crippen LogP contribution >= 0.6 is 0 Å². The molecule has 5 atom stereocenters. The summed E-state index contributed by atoms with van der Waals surface area (Å²) in [6.07, 6.45) is -1.16. The SMILES string of the molecule is CN(C)CCN(C)C1C2OCC(O2)C(NCc2ccc(F)cc2)C1O. The fraction of sp³-hybridized carbons (Fsp3) is 0.667. The molecule has 0 aliphatic carbocycles. The third-order valence-electron chi connectivity index (χ3n) is 4.99. The van der Waals surface area contributed by atoms with E-state index < -0.39 is 12.4 Å². The molecule has 140 valence electrons. The van der Waals surface area contributed by atoms with Gasteiger partial charge in [-0.3, -0.25) is 4.90 Å². The van der Waals surface area contributed by atoms with Gasteiger partial charge in [0.1, 0.15) is 11.9 Å². The molecule has 2 bridgehead atoms. The smallest absolute Gasteiger partial charge is 0.176 e. The largest absolute Gasteiger partial charge is 0.390 e. The van der Waals surface area contributed by atoms with Gasteiger partial charge >= 0.3 is 0 Å². The van der Waals surface area contributed by atoms with Crippen LogP contribution in [0.5, 0.6) is 0 Å². The zero-order chi connectivity index (χ0) is 18.0. The van der Waals surface area contributed by atoms with Crippen LogP contribution in [-0.4, -0.2) is 86.3 Å². The molecule has 2 N–H and O–H groups in total. The summed E-state index contributed by atoms with van der Waals surface area (Å²) in [6, 6.07) is 5.93. The van der Waals surface area contributed by atoms with Crippen LogP contribution in [0, 0.1) is 5.82 Å². The maximum absolute atomic E-state index is 13.0. The minimum absolute atomic E-state index is 0.168. The number of likely N-dealkylation sites (N-methyl/N-ethyl adjacent to an activating group) is 2. The van der Waals surface area contributed by atoms with Crippen LogP contribution in [0.3, 0.4) is 0 Å². The Morgan fingerprint density at radius 3 is 2.60 bits per heavy atom. The first-order valence-corrected chi connectivity index (χ1v) is 8.73. The highest BCUT2D eigenvalue weighted by molar-refractivity contribution is 5.16. The van der Waals surface area contributed by atoms with Crippen LogP contribution in [0.1, 0.15) is 5.56 Å². The molecule has 0 saturated carbocycles. The second-order valence-corrected chi connectivity index (χ2v) is 7.17. The Bertz CT molecular complexity index is 557. The average molecular weight is 353 g/mol. The van der Waals surface area contributed by atoms with Gasteiger partial charge in [0.05, 0.1) is 24.8 Å². The van der Waals surface area contributed by atoms with Gasteiger partial charge in [-0.15, -0.1) is 0 Å². The van der Waals surface area contributed by atoms with Gasteiger partial charge < -0.3 is 24.8 Å². The van der Waals surface area contributed by atoms with Gasteiger partial charge in [0.15, 0.2) is 6.29 Å². The van der Waals surface area contributed by atoms with E-state index in [2.05, 4.69) is 15.1 Å². The van der Waals surface area contributed by atoms with Gasteiger partial charge in [-0.2, -0.15) is 0 Å². The molecule has 0 aromatic heterocycles. The van der Waals surface area contributed by atoms with Gasteiger partial charge in [0.2, 0.25) is 0 Å². The minimum atomic E-state index is -0.598. The molecule has 1 aromatic carbocycles. The molecular weight excluding hydrogens is 325 g/mol. The van der Waals surface area contributed by atoms with E-state index in [1.54, 1.807) is 12.1 Å². The van der Waals surface area contributed by atoms with Gasteiger partial charge in [-0.25, -0.2) is 4.39 Å². The summed E-state index contributed by atoms with van der Waals surface area (Å²) in [5.74, 6) is -0.251. The number of fused-ring (bicyclic) bond motifs is 2. The minimum Gasteiger partial charge on any atom is -0.390 e. The fourth-order valence-electron chi connectivity index (χ4n) is 3.47. The molecule has 5 unspecified atom stereocenters. The highest BCUT2D eigenvalue weighted by Gasteiger charge is 2.51. The fourth-order valence-corrected chi connectivity index (χ4v) is 3.47. The third-order valence-corrected chi connectivity index (χ3v) is 4.99. The van der Waals surface area contributed by atoms with E-state index in [9.17, 15) is 9.50 Å². The molecule has 1 aromatic rings. The van der Waals surface area contributed by atoms with Crippen LogP contribution < -0.4 is 5.32 Å². The maximum Gasteiger partial charge on any atom is 0.176 e. The van der Waals surface area contributed by atoms with Crippen molar-refractivity contribution in [2.45, 2.75) is 37.1 Å². The van der Waals surface area contributed by atoms with Crippen molar-refractivity contribution in [3.05, 3.63) is 35.6 Å². The first-order chi connectivity index (χ1) is 12.0. The normalized spacial score (nSPS) is 31.9. The quantitative estimate of drug-likeness (QED) is 0.734. The lowest BCUT2D eigenvalue weighted by Gasteiger charge is -2.43. The van der Waals surface area contributed by atoms with E-state index in [0.717, 1.165) is 18.7 Å². The number of rotatable bonds is 7. The number of aliphatic hydroxyl groups is 1. The second-order valence-electron chi connectivity index (χ2n) is 7.17. The summed E-state index contributed by atoms with van der Waals surface area (Å²) in [6.45, 7) is 2.72. The van der Waals surface area contributed by atoms with Crippen LogP contribution in [0.25, 0.3) is 0 Å². The summed E-state index contributed by atoms with van der Waals surface area (Å²) in [4.78, 5) is 4.21. The molecule has 6 nitrogen and oxygen atoms in total. The van der Waals surface area contributed by atoms with Crippen molar-refractivity contribution < 1.29 is 19.0 Å². The van der Waals surface area contributed by atoms with E-state index in [-0.39, 0.29) is 24.0 Å². The van der Waals surface area contributed by atoms with Crippen molar-refractivity contribution in [2.24, 2.45) is 0 Å². The lowest BCUT2D eigenvalue weighted by Crippen LogP contribution is -2.64. The summed E-state index contributed by atoms with van der Waals surface area (Å²) in [5.41, 5.74) is 0.965. The molecule has 3 rings (SSSR count). The molecule has 2 heterocycles. The van der Waals surface area contributed by atoms with Crippen molar-refractivity contribution in [3.63, 3.8) is 0 Å². The predicted octanol–water partition coefficient (Wildman–Crippen LogP) is 0.262. The van der Waals surface area contributed by atoms with E-state index in [1.165, 1.54) is 12.1 Å². The lowest BCUT2D eigenvalue weighted by atomic mass is 9.94. The monoisotopic (exact) mass is 353 g/mol. The van der Waals surface area contributed by atoms with Crippen LogP contribution in [0.4, 0.5) is 4.39 Å². The van der Waals surface area contributed by atoms with E-state index in [4.69, 9.17) is 9.47 Å². The van der Waals surface area contributed by atoms with Crippen molar-refractivity contribution in [3.8, 4) is 0 Å². The highest BCUT2D eigenvalue weighted by atomic mass is 19.1. The number of benzene rings is 1. The zero-order valence-electron chi connectivity index (χ0n) is 15.1. The number of nitrogens with one attached hydrogen (secondary N) is 1. The van der Waals surface area contributed by atoms with Gasteiger partial charge in [0.25, 0.3) is 0 Å². The number of hydrogen-bond donors (Lipinski definition) is 2. The number of aliphatic hydroxyl groups excluding tert-OH is 1. The maximum atomic E-state index is 13.0. The van der Waals surface area contributed by atoms with Gasteiger partial charge in [-0.1, -0.05) is 12.1 Å². The molecule has 25 heavy (non-hydrogen) atoms. The Morgan fingerprint density at radius 1 is 1.20 bits per heavy atom. The topological polar surface area (TPSA) is 57.2 Å². The zero-order valence-corrected chi connectivity index (χ0v) is 15.1. The Hall–Kier alpha value is -1.09. The summed E-state index contributed by atoms with van der Waals surface area (Å²) in [5, 5.41) is 14.3. The van der Waals surface area contributed by atoms with Crippen LogP contribution in [0.2, 0.25) is 0 Å². The van der Waals surface area contributed by atoms with E-state index >= 15 is 0 Å². The molecule has 2 saturated heterocycles. The first-order valence-electron chi connectivity index (χ1n) is 8.73. The number of halogens is 1. The van der Waals surface area contributed by atoms with E-state index in [1.807, 2.05) is 21.1 Å². The van der Waals surface area contributed by atoms with E-state index in [0.29, 0.717) is 13.2 Å². The summed E-state index contributed by atoms with van der Waals surface area (Å²) >= 11 is 0. The molecular formula is C18H28FN3O3. The van der Waals surface area contributed by atoms with Crippen molar-refractivity contribution in [2.75, 3.05) is 40.8 Å². The second kappa shape index (κ2) is 8.07. The molecule has 2 aliphatic heterocycles. The first kappa shape index (κ1) is 18.7. The van der Waals surface area contributed by atoms with Crippen molar-refractivity contribution in [1.29, 1.82) is 0 Å². The molecule has 7 heteroatoms. The Kier molecular flexibility index (Phi) is 6.04. The molecule has 2 aliphatic rings. The number of hydrogen-bond acceptors (Lipinski definition) is 6. The summed E-state index contributed by atoms with van der Waals surface area (Å²) < 4.78 is 24.8. The standard InChI is InChI=1S/C18H28FN3O3/c1-21(2)8-9-22(3)16-17(23)15(14-11-24-18(16)25-14)20-10-12-4-6-13(19)7-5-12/h4-7,14-18,20,23H,8-11H2,1-3H3. The van der Waals surface area contributed by atoms with Crippen LogP contribution in [-0.2, 0) is 16.0 Å². The van der Waals surface area contributed by atoms with Crippen molar-refractivity contribution in [1.82, 2.24) is 15.1 Å². The third kappa shape index (κ3) is 4.36. The number of ether oxygens (including phenoxy) is 2. The molecule has 2 fully saturated rings. The predicted molar refractivity (Wildman–Crippen MR) is 92.6 cm³/mol. The van der Waals surface area contributed by atoms with Gasteiger partial charge in [-0.05, 0) is 38.8 Å². The molecule has 0 spiro atoms. The Morgan fingerprint density at radius 2 is 1.92 bits per heavy atom. The van der Waals surface area contributed by atoms with Gasteiger partial charge in [0, 0.05) is 19.6 Å². The highest BCUT2D eigenvalue weighted by Crippen LogP contribution is 2.31. The average Bonchev–Trinajstić information content (AvgIpc) is 2.99. The Labute approximate surface area is 148 Å². The Balaban J connectivity index is 1.63. The number of nitrogens with zero attached hydrogens (tertiary/aromatic N) is 2. The summed E-state index contributed by atoms with van der Waals surface area (Å²) in [7, 11) is 6.04. The van der Waals surface area contributed by atoms with Crippen molar-refractivity contribution >= 4 is 0 Å².